The summed E-state index contributed by atoms with van der Waals surface area (Å²) < 4.78 is 4.57. The SMILES string of the molecule is COC(=O)CCCN(C)C(=O)c1cccc2cn[nH]c12. The first-order chi connectivity index (χ1) is 9.63. The number of carbonyl (C=O) groups excluding carboxylic acids is 2. The molecular formula is C14H17N3O3. The van der Waals surface area contributed by atoms with Crippen molar-refractivity contribution in [1.29, 1.82) is 0 Å². The number of rotatable bonds is 5. The molecule has 0 bridgehead atoms. The number of para-hydroxylation sites is 1. The number of aromatic amines is 1. The quantitative estimate of drug-likeness (QED) is 0.841. The van der Waals surface area contributed by atoms with E-state index in [-0.39, 0.29) is 11.9 Å². The second-order valence-electron chi connectivity index (χ2n) is 4.55. The van der Waals surface area contributed by atoms with Gasteiger partial charge in [0.1, 0.15) is 0 Å². The van der Waals surface area contributed by atoms with Crippen LogP contribution in [0.1, 0.15) is 23.2 Å². The minimum absolute atomic E-state index is 0.0929. The zero-order valence-corrected chi connectivity index (χ0v) is 11.5. The molecule has 0 aliphatic heterocycles. The first kappa shape index (κ1) is 14.0. The number of amides is 1. The van der Waals surface area contributed by atoms with Crippen molar-refractivity contribution in [2.24, 2.45) is 0 Å². The van der Waals surface area contributed by atoms with Crippen molar-refractivity contribution in [2.45, 2.75) is 12.8 Å². The molecule has 0 atom stereocenters. The summed E-state index contributed by atoms with van der Waals surface area (Å²) in [6.45, 7) is 0.498. The van der Waals surface area contributed by atoms with E-state index < -0.39 is 0 Å². The van der Waals surface area contributed by atoms with Crippen molar-refractivity contribution >= 4 is 22.8 Å². The number of hydrogen-bond acceptors (Lipinski definition) is 4. The Morgan fingerprint density at radius 3 is 2.95 bits per heavy atom. The van der Waals surface area contributed by atoms with Crippen LogP contribution in [0.4, 0.5) is 0 Å². The number of benzene rings is 1. The second-order valence-corrected chi connectivity index (χ2v) is 4.55. The van der Waals surface area contributed by atoms with E-state index in [2.05, 4.69) is 14.9 Å². The molecule has 6 heteroatoms. The number of methoxy groups -OCH3 is 1. The number of esters is 1. The molecule has 6 nitrogen and oxygen atoms in total. The molecule has 20 heavy (non-hydrogen) atoms. The summed E-state index contributed by atoms with van der Waals surface area (Å²) in [5, 5.41) is 7.68. The summed E-state index contributed by atoms with van der Waals surface area (Å²) in [6.07, 6.45) is 2.57. The van der Waals surface area contributed by atoms with E-state index in [1.165, 1.54) is 7.11 Å². The van der Waals surface area contributed by atoms with Gasteiger partial charge in [0.15, 0.2) is 0 Å². The Kier molecular flexibility index (Phi) is 4.34. The van der Waals surface area contributed by atoms with Crippen LogP contribution in [-0.2, 0) is 9.53 Å². The summed E-state index contributed by atoms with van der Waals surface area (Å²) >= 11 is 0. The van der Waals surface area contributed by atoms with Crippen molar-refractivity contribution < 1.29 is 14.3 Å². The lowest BCUT2D eigenvalue weighted by atomic mass is 10.1. The van der Waals surface area contributed by atoms with E-state index in [0.717, 1.165) is 10.9 Å². The van der Waals surface area contributed by atoms with E-state index in [1.807, 2.05) is 12.1 Å². The van der Waals surface area contributed by atoms with Crippen molar-refractivity contribution in [3.05, 3.63) is 30.0 Å². The van der Waals surface area contributed by atoms with Gasteiger partial charge >= 0.3 is 5.97 Å². The number of aromatic nitrogens is 2. The Balaban J connectivity index is 2.03. The van der Waals surface area contributed by atoms with Crippen molar-refractivity contribution in [2.75, 3.05) is 20.7 Å². The topological polar surface area (TPSA) is 75.3 Å². The predicted molar refractivity (Wildman–Crippen MR) is 74.3 cm³/mol. The summed E-state index contributed by atoms with van der Waals surface area (Å²) in [7, 11) is 3.07. The first-order valence-corrected chi connectivity index (χ1v) is 6.38. The molecule has 1 heterocycles. The molecule has 0 fully saturated rings. The van der Waals surface area contributed by atoms with Crippen molar-refractivity contribution in [3.8, 4) is 0 Å². The van der Waals surface area contributed by atoms with Gasteiger partial charge in [0.2, 0.25) is 0 Å². The van der Waals surface area contributed by atoms with Crippen LogP contribution in [0.25, 0.3) is 10.9 Å². The van der Waals surface area contributed by atoms with E-state index in [0.29, 0.717) is 24.9 Å². The molecule has 1 amide bonds. The maximum atomic E-state index is 12.4. The molecule has 2 aromatic rings. The molecule has 2 rings (SSSR count). The Morgan fingerprint density at radius 2 is 2.20 bits per heavy atom. The number of hydrogen-bond donors (Lipinski definition) is 1. The molecule has 1 aromatic carbocycles. The van der Waals surface area contributed by atoms with Crippen LogP contribution < -0.4 is 0 Å². The highest BCUT2D eigenvalue weighted by molar-refractivity contribution is 6.05. The molecular weight excluding hydrogens is 258 g/mol. The summed E-state index contributed by atoms with van der Waals surface area (Å²) in [4.78, 5) is 25.0. The number of fused-ring (bicyclic) bond motifs is 1. The van der Waals surface area contributed by atoms with Crippen LogP contribution in [0.3, 0.4) is 0 Å². The fourth-order valence-electron chi connectivity index (χ4n) is 2.02. The molecule has 106 valence electrons. The number of ether oxygens (including phenoxy) is 1. The van der Waals surface area contributed by atoms with Gasteiger partial charge in [0, 0.05) is 25.4 Å². The van der Waals surface area contributed by atoms with Gasteiger partial charge in [-0.25, -0.2) is 0 Å². The maximum Gasteiger partial charge on any atom is 0.305 e. The number of H-pyrrole nitrogens is 1. The maximum absolute atomic E-state index is 12.4. The highest BCUT2D eigenvalue weighted by Crippen LogP contribution is 2.17. The van der Waals surface area contributed by atoms with Crippen LogP contribution in [0.15, 0.2) is 24.4 Å². The number of carbonyl (C=O) groups is 2. The van der Waals surface area contributed by atoms with Crippen LogP contribution in [0.5, 0.6) is 0 Å². The molecule has 0 aliphatic rings. The zero-order chi connectivity index (χ0) is 14.5. The molecule has 1 N–H and O–H groups in total. The first-order valence-electron chi connectivity index (χ1n) is 6.38. The zero-order valence-electron chi connectivity index (χ0n) is 11.5. The summed E-state index contributed by atoms with van der Waals surface area (Å²) in [5.74, 6) is -0.355. The lowest BCUT2D eigenvalue weighted by molar-refractivity contribution is -0.140. The highest BCUT2D eigenvalue weighted by Gasteiger charge is 2.15. The van der Waals surface area contributed by atoms with Gasteiger partial charge in [0.25, 0.3) is 5.91 Å². The van der Waals surface area contributed by atoms with Crippen molar-refractivity contribution in [3.63, 3.8) is 0 Å². The van der Waals surface area contributed by atoms with E-state index in [1.54, 1.807) is 24.2 Å². The molecule has 0 unspecified atom stereocenters. The third kappa shape index (κ3) is 2.96. The fraction of sp³-hybridized carbons (Fsp3) is 0.357. The molecule has 0 spiro atoms. The van der Waals surface area contributed by atoms with Gasteiger partial charge < -0.3 is 9.64 Å². The van der Waals surface area contributed by atoms with Crippen LogP contribution >= 0.6 is 0 Å². The van der Waals surface area contributed by atoms with E-state index >= 15 is 0 Å². The van der Waals surface area contributed by atoms with Crippen molar-refractivity contribution in [1.82, 2.24) is 15.1 Å². The van der Waals surface area contributed by atoms with Gasteiger partial charge in [-0.15, -0.1) is 0 Å². The van der Waals surface area contributed by atoms with E-state index in [4.69, 9.17) is 0 Å². The molecule has 0 saturated carbocycles. The Bertz CT molecular complexity index is 621. The largest absolute Gasteiger partial charge is 0.469 e. The Morgan fingerprint density at radius 1 is 1.40 bits per heavy atom. The third-order valence-electron chi connectivity index (χ3n) is 3.16. The normalized spacial score (nSPS) is 10.5. The Hall–Kier alpha value is -2.37. The molecule has 0 radical (unpaired) electrons. The number of nitrogens with one attached hydrogen (secondary N) is 1. The Labute approximate surface area is 116 Å². The molecule has 1 aromatic heterocycles. The number of nitrogens with zero attached hydrogens (tertiary/aromatic N) is 2. The van der Waals surface area contributed by atoms with Gasteiger partial charge in [-0.3, -0.25) is 14.7 Å². The minimum Gasteiger partial charge on any atom is -0.469 e. The van der Waals surface area contributed by atoms with Gasteiger partial charge in [0.05, 0.1) is 24.4 Å². The average molecular weight is 275 g/mol. The summed E-state index contributed by atoms with van der Waals surface area (Å²) in [6, 6.07) is 5.49. The van der Waals surface area contributed by atoms with Gasteiger partial charge in [-0.1, -0.05) is 12.1 Å². The van der Waals surface area contributed by atoms with Crippen LogP contribution in [0, 0.1) is 0 Å². The predicted octanol–water partition coefficient (Wildman–Crippen LogP) is 1.59. The minimum atomic E-state index is -0.262. The lowest BCUT2D eigenvalue weighted by Crippen LogP contribution is -2.28. The average Bonchev–Trinajstić information content (AvgIpc) is 2.94. The summed E-state index contributed by atoms with van der Waals surface area (Å²) in [5.41, 5.74) is 1.32. The fourth-order valence-corrected chi connectivity index (χ4v) is 2.02. The third-order valence-corrected chi connectivity index (χ3v) is 3.16. The standard InChI is InChI=1S/C14H17N3O3/c1-17(8-4-7-12(18)20-2)14(19)11-6-3-5-10-9-15-16-13(10)11/h3,5-6,9H,4,7-8H2,1-2H3,(H,15,16). The van der Waals surface area contributed by atoms with Gasteiger partial charge in [-0.05, 0) is 12.5 Å². The smallest absolute Gasteiger partial charge is 0.305 e. The molecule has 0 saturated heterocycles. The van der Waals surface area contributed by atoms with Crippen LogP contribution in [-0.4, -0.2) is 47.7 Å². The second kappa shape index (κ2) is 6.18. The van der Waals surface area contributed by atoms with Gasteiger partial charge in [-0.2, -0.15) is 5.10 Å². The molecule has 0 aliphatic carbocycles. The lowest BCUT2D eigenvalue weighted by Gasteiger charge is -2.17. The van der Waals surface area contributed by atoms with Crippen LogP contribution in [0.2, 0.25) is 0 Å². The van der Waals surface area contributed by atoms with E-state index in [9.17, 15) is 9.59 Å². The monoisotopic (exact) mass is 275 g/mol. The highest BCUT2D eigenvalue weighted by atomic mass is 16.5.